The molecule has 1 aromatic carbocycles. The smallest absolute Gasteiger partial charge is 0.313 e. The molecule has 0 bridgehead atoms. The number of aliphatic hydroxyl groups is 1. The molecule has 5 heteroatoms. The van der Waals surface area contributed by atoms with Crippen LogP contribution in [0.2, 0.25) is 0 Å². The van der Waals surface area contributed by atoms with Gasteiger partial charge in [0.1, 0.15) is 0 Å². The second-order valence-electron chi connectivity index (χ2n) is 5.74. The van der Waals surface area contributed by atoms with E-state index < -0.39 is 17.4 Å². The molecule has 1 aliphatic rings. The summed E-state index contributed by atoms with van der Waals surface area (Å²) in [6.07, 6.45) is 4.38. The maximum Gasteiger partial charge on any atom is 0.313 e. The molecular formula is C16H22N2O3. The first kappa shape index (κ1) is 15.5. The lowest BCUT2D eigenvalue weighted by atomic mass is 9.85. The SMILES string of the molecule is Cc1ccccc1NC(=O)C(=O)NCC1(O)CCCCC1. The van der Waals surface area contributed by atoms with Gasteiger partial charge in [0.15, 0.2) is 0 Å². The molecule has 0 heterocycles. The van der Waals surface area contributed by atoms with Gasteiger partial charge in [-0.25, -0.2) is 0 Å². The molecule has 3 N–H and O–H groups in total. The molecule has 0 aliphatic heterocycles. The largest absolute Gasteiger partial charge is 0.388 e. The predicted molar refractivity (Wildman–Crippen MR) is 80.9 cm³/mol. The highest BCUT2D eigenvalue weighted by atomic mass is 16.3. The Morgan fingerprint density at radius 2 is 1.81 bits per heavy atom. The van der Waals surface area contributed by atoms with Gasteiger partial charge in [0, 0.05) is 12.2 Å². The van der Waals surface area contributed by atoms with Gasteiger partial charge >= 0.3 is 11.8 Å². The molecule has 21 heavy (non-hydrogen) atoms. The molecule has 114 valence electrons. The zero-order chi connectivity index (χ0) is 15.3. The first-order valence-electron chi connectivity index (χ1n) is 7.37. The van der Waals surface area contributed by atoms with Gasteiger partial charge in [0.25, 0.3) is 0 Å². The molecule has 1 aromatic rings. The number of anilines is 1. The number of hydrogen-bond acceptors (Lipinski definition) is 3. The van der Waals surface area contributed by atoms with Gasteiger partial charge in [-0.1, -0.05) is 37.5 Å². The van der Waals surface area contributed by atoms with Gasteiger partial charge in [-0.15, -0.1) is 0 Å². The van der Waals surface area contributed by atoms with Gasteiger partial charge in [-0.2, -0.15) is 0 Å². The number of hydrogen-bond donors (Lipinski definition) is 3. The standard InChI is InChI=1S/C16H22N2O3/c1-12-7-3-4-8-13(12)18-15(20)14(19)17-11-16(21)9-5-2-6-10-16/h3-4,7-8,21H,2,5-6,9-11H2,1H3,(H,17,19)(H,18,20). The van der Waals surface area contributed by atoms with Crippen molar-refractivity contribution in [2.75, 3.05) is 11.9 Å². The molecule has 0 saturated heterocycles. The fraction of sp³-hybridized carbons (Fsp3) is 0.500. The van der Waals surface area contributed by atoms with Crippen LogP contribution in [0.3, 0.4) is 0 Å². The van der Waals surface area contributed by atoms with Crippen LogP contribution in [0.5, 0.6) is 0 Å². The number of amides is 2. The van der Waals surface area contributed by atoms with Crippen molar-refractivity contribution >= 4 is 17.5 Å². The number of carbonyl (C=O) groups excluding carboxylic acids is 2. The molecule has 5 nitrogen and oxygen atoms in total. The van der Waals surface area contributed by atoms with Gasteiger partial charge in [0.05, 0.1) is 5.60 Å². The molecule has 1 aliphatic carbocycles. The van der Waals surface area contributed by atoms with Crippen LogP contribution in [-0.2, 0) is 9.59 Å². The Kier molecular flexibility index (Phi) is 4.96. The van der Waals surface area contributed by atoms with E-state index in [1.807, 2.05) is 19.1 Å². The van der Waals surface area contributed by atoms with Crippen LogP contribution in [0.1, 0.15) is 37.7 Å². The number of nitrogens with one attached hydrogen (secondary N) is 2. The summed E-state index contributed by atoms with van der Waals surface area (Å²) >= 11 is 0. The summed E-state index contributed by atoms with van der Waals surface area (Å²) in [4.78, 5) is 23.6. The van der Waals surface area contributed by atoms with E-state index in [9.17, 15) is 14.7 Å². The third-order valence-corrected chi connectivity index (χ3v) is 3.96. The van der Waals surface area contributed by atoms with Crippen molar-refractivity contribution in [2.24, 2.45) is 0 Å². The third kappa shape index (κ3) is 4.29. The van der Waals surface area contributed by atoms with E-state index in [1.165, 1.54) is 0 Å². The molecule has 1 fully saturated rings. The van der Waals surface area contributed by atoms with Crippen LogP contribution in [0.25, 0.3) is 0 Å². The Bertz CT molecular complexity index is 522. The highest BCUT2D eigenvalue weighted by molar-refractivity contribution is 6.39. The van der Waals surface area contributed by atoms with Gasteiger partial charge in [-0.05, 0) is 31.4 Å². The van der Waals surface area contributed by atoms with E-state index in [-0.39, 0.29) is 6.54 Å². The van der Waals surface area contributed by atoms with Crippen LogP contribution in [-0.4, -0.2) is 29.1 Å². The van der Waals surface area contributed by atoms with Crippen molar-refractivity contribution in [3.8, 4) is 0 Å². The number of aryl methyl sites for hydroxylation is 1. The van der Waals surface area contributed by atoms with Crippen molar-refractivity contribution in [2.45, 2.75) is 44.6 Å². The topological polar surface area (TPSA) is 78.4 Å². The summed E-state index contributed by atoms with van der Waals surface area (Å²) in [5.74, 6) is -1.42. The van der Waals surface area contributed by atoms with Crippen molar-refractivity contribution in [3.63, 3.8) is 0 Å². The maximum atomic E-state index is 11.8. The lowest BCUT2D eigenvalue weighted by Gasteiger charge is -2.31. The minimum atomic E-state index is -0.864. The number of para-hydroxylation sites is 1. The van der Waals surface area contributed by atoms with E-state index in [0.29, 0.717) is 18.5 Å². The Balaban J connectivity index is 1.85. The van der Waals surface area contributed by atoms with E-state index in [2.05, 4.69) is 10.6 Å². The van der Waals surface area contributed by atoms with E-state index in [0.717, 1.165) is 24.8 Å². The van der Waals surface area contributed by atoms with Crippen molar-refractivity contribution in [3.05, 3.63) is 29.8 Å². The third-order valence-electron chi connectivity index (χ3n) is 3.96. The molecule has 1 saturated carbocycles. The molecular weight excluding hydrogens is 268 g/mol. The average Bonchev–Trinajstić information content (AvgIpc) is 2.48. The minimum absolute atomic E-state index is 0.132. The first-order valence-corrected chi connectivity index (χ1v) is 7.37. The van der Waals surface area contributed by atoms with Gasteiger partial charge in [-0.3, -0.25) is 9.59 Å². The van der Waals surface area contributed by atoms with Gasteiger partial charge in [0.2, 0.25) is 0 Å². The molecule has 0 radical (unpaired) electrons. The maximum absolute atomic E-state index is 11.8. The Morgan fingerprint density at radius 3 is 2.48 bits per heavy atom. The highest BCUT2D eigenvalue weighted by Crippen LogP contribution is 2.27. The number of benzene rings is 1. The minimum Gasteiger partial charge on any atom is -0.388 e. The van der Waals surface area contributed by atoms with E-state index >= 15 is 0 Å². The Morgan fingerprint density at radius 1 is 1.14 bits per heavy atom. The second kappa shape index (κ2) is 6.72. The Hall–Kier alpha value is -1.88. The normalized spacial score (nSPS) is 17.0. The first-order chi connectivity index (χ1) is 10.0. The molecule has 0 spiro atoms. The molecule has 2 rings (SSSR count). The van der Waals surface area contributed by atoms with Crippen LogP contribution in [0, 0.1) is 6.92 Å². The van der Waals surface area contributed by atoms with Crippen LogP contribution >= 0.6 is 0 Å². The quantitative estimate of drug-likeness (QED) is 0.742. The van der Waals surface area contributed by atoms with E-state index in [4.69, 9.17) is 0 Å². The zero-order valence-electron chi connectivity index (χ0n) is 12.3. The van der Waals surface area contributed by atoms with Crippen LogP contribution in [0.4, 0.5) is 5.69 Å². The van der Waals surface area contributed by atoms with Crippen molar-refractivity contribution < 1.29 is 14.7 Å². The molecule has 2 amide bonds. The van der Waals surface area contributed by atoms with Gasteiger partial charge < -0.3 is 15.7 Å². The van der Waals surface area contributed by atoms with Crippen molar-refractivity contribution in [1.29, 1.82) is 0 Å². The summed E-state index contributed by atoms with van der Waals surface area (Å²) in [6.45, 7) is 1.99. The number of rotatable bonds is 3. The summed E-state index contributed by atoms with van der Waals surface area (Å²) in [6, 6.07) is 7.27. The predicted octanol–water partition coefficient (Wildman–Crippen LogP) is 1.74. The molecule has 0 unspecified atom stereocenters. The van der Waals surface area contributed by atoms with Crippen molar-refractivity contribution in [1.82, 2.24) is 5.32 Å². The summed E-state index contributed by atoms with van der Waals surface area (Å²) in [5.41, 5.74) is 0.648. The van der Waals surface area contributed by atoms with E-state index in [1.54, 1.807) is 12.1 Å². The van der Waals surface area contributed by atoms with Crippen LogP contribution in [0.15, 0.2) is 24.3 Å². The summed E-state index contributed by atoms with van der Waals surface area (Å²) in [5, 5.41) is 15.4. The molecule has 0 aromatic heterocycles. The average molecular weight is 290 g/mol. The lowest BCUT2D eigenvalue weighted by molar-refractivity contribution is -0.137. The fourth-order valence-electron chi connectivity index (χ4n) is 2.60. The monoisotopic (exact) mass is 290 g/mol. The zero-order valence-corrected chi connectivity index (χ0v) is 12.3. The summed E-state index contributed by atoms with van der Waals surface area (Å²) < 4.78 is 0. The fourth-order valence-corrected chi connectivity index (χ4v) is 2.60. The summed E-state index contributed by atoms with van der Waals surface area (Å²) in [7, 11) is 0. The lowest BCUT2D eigenvalue weighted by Crippen LogP contribution is -2.47. The highest BCUT2D eigenvalue weighted by Gasteiger charge is 2.30. The Labute approximate surface area is 124 Å². The second-order valence-corrected chi connectivity index (χ2v) is 5.74. The molecule has 0 atom stereocenters. The van der Waals surface area contributed by atoms with Crippen LogP contribution < -0.4 is 10.6 Å². The number of carbonyl (C=O) groups is 2.